The zero-order chi connectivity index (χ0) is 14.9. The van der Waals surface area contributed by atoms with Gasteiger partial charge in [-0.05, 0) is 31.4 Å². The molecule has 1 aliphatic heterocycles. The maximum atomic E-state index is 12.7. The Balaban J connectivity index is 2.43. The average molecular weight is 314 g/mol. The van der Waals surface area contributed by atoms with Crippen LogP contribution >= 0.6 is 12.2 Å². The van der Waals surface area contributed by atoms with Gasteiger partial charge >= 0.3 is 0 Å². The summed E-state index contributed by atoms with van der Waals surface area (Å²) in [7, 11) is -3.62. The number of aliphatic hydroxyl groups excluding tert-OH is 1. The van der Waals surface area contributed by atoms with Crippen LogP contribution in [0.2, 0.25) is 0 Å². The summed E-state index contributed by atoms with van der Waals surface area (Å²) in [6, 6.07) is 4.91. The van der Waals surface area contributed by atoms with Gasteiger partial charge in [0.15, 0.2) is 0 Å². The van der Waals surface area contributed by atoms with E-state index in [0.29, 0.717) is 30.5 Å². The molecule has 1 atom stereocenters. The van der Waals surface area contributed by atoms with Gasteiger partial charge in [0.05, 0.1) is 11.0 Å². The minimum Gasteiger partial charge on any atom is -0.392 e. The van der Waals surface area contributed by atoms with E-state index < -0.39 is 16.1 Å². The second-order valence-electron chi connectivity index (χ2n) is 5.00. The maximum Gasteiger partial charge on any atom is 0.243 e. The summed E-state index contributed by atoms with van der Waals surface area (Å²) < 4.78 is 26.6. The minimum atomic E-state index is -3.62. The molecule has 7 heteroatoms. The summed E-state index contributed by atoms with van der Waals surface area (Å²) in [5.74, 6) is 0. The predicted octanol–water partition coefficient (Wildman–Crippen LogP) is 0.775. The molecule has 1 aromatic rings. The molecule has 1 unspecified atom stereocenters. The highest BCUT2D eigenvalue weighted by molar-refractivity contribution is 7.89. The van der Waals surface area contributed by atoms with E-state index >= 15 is 0 Å². The van der Waals surface area contributed by atoms with E-state index in [9.17, 15) is 13.5 Å². The van der Waals surface area contributed by atoms with Crippen LogP contribution in [0.3, 0.4) is 0 Å². The Labute approximate surface area is 124 Å². The Hall–Kier alpha value is -1.02. The van der Waals surface area contributed by atoms with E-state index in [-0.39, 0.29) is 16.4 Å². The number of aryl methyl sites for hydroxylation is 1. The largest absolute Gasteiger partial charge is 0.392 e. The third-order valence-corrected chi connectivity index (χ3v) is 5.69. The second kappa shape index (κ2) is 5.77. The number of aliphatic hydroxyl groups is 1. The molecular formula is C13H18N2O3S2. The summed E-state index contributed by atoms with van der Waals surface area (Å²) in [5.41, 5.74) is 6.73. The normalized spacial score (nSPS) is 20.8. The van der Waals surface area contributed by atoms with E-state index in [1.54, 1.807) is 19.1 Å². The molecule has 1 fully saturated rings. The monoisotopic (exact) mass is 314 g/mol. The molecule has 0 amide bonds. The van der Waals surface area contributed by atoms with Gasteiger partial charge in [-0.1, -0.05) is 24.4 Å². The fourth-order valence-electron chi connectivity index (χ4n) is 2.31. The molecule has 110 valence electrons. The van der Waals surface area contributed by atoms with Crippen LogP contribution < -0.4 is 5.73 Å². The van der Waals surface area contributed by atoms with Crippen molar-refractivity contribution in [2.45, 2.75) is 30.8 Å². The third-order valence-electron chi connectivity index (χ3n) is 3.45. The standard InChI is InChI=1S/C13H18N2O3S2/c1-9-4-5-10(13(14)19)7-12(9)20(17,18)15-6-2-3-11(16)8-15/h4-5,7,11,16H,2-3,6,8H2,1H3,(H2,14,19). The van der Waals surface area contributed by atoms with E-state index in [1.165, 1.54) is 10.4 Å². The van der Waals surface area contributed by atoms with Gasteiger partial charge in [-0.15, -0.1) is 0 Å². The molecule has 1 saturated heterocycles. The van der Waals surface area contributed by atoms with Gasteiger partial charge in [-0.25, -0.2) is 8.42 Å². The lowest BCUT2D eigenvalue weighted by Crippen LogP contribution is -2.42. The van der Waals surface area contributed by atoms with Crippen molar-refractivity contribution >= 4 is 27.2 Å². The smallest absolute Gasteiger partial charge is 0.243 e. The number of piperidine rings is 1. The van der Waals surface area contributed by atoms with Crippen molar-refractivity contribution in [3.8, 4) is 0 Å². The van der Waals surface area contributed by atoms with E-state index in [2.05, 4.69) is 0 Å². The highest BCUT2D eigenvalue weighted by atomic mass is 32.2. The molecule has 0 spiro atoms. The van der Waals surface area contributed by atoms with Crippen molar-refractivity contribution in [3.63, 3.8) is 0 Å². The number of hydrogen-bond donors (Lipinski definition) is 2. The van der Waals surface area contributed by atoms with Gasteiger partial charge < -0.3 is 10.8 Å². The highest BCUT2D eigenvalue weighted by Gasteiger charge is 2.30. The molecule has 1 aliphatic rings. The van der Waals surface area contributed by atoms with E-state index in [4.69, 9.17) is 18.0 Å². The molecule has 0 saturated carbocycles. The lowest BCUT2D eigenvalue weighted by molar-refractivity contribution is 0.108. The molecule has 0 aliphatic carbocycles. The quantitative estimate of drug-likeness (QED) is 0.805. The van der Waals surface area contributed by atoms with Gasteiger partial charge in [0.25, 0.3) is 0 Å². The van der Waals surface area contributed by atoms with Crippen LogP contribution in [0, 0.1) is 6.92 Å². The minimum absolute atomic E-state index is 0.138. The number of β-amino-alcohol motifs (C(OH)–C–C–N with tert-alkyl or cyclic N) is 1. The lowest BCUT2D eigenvalue weighted by atomic mass is 10.1. The predicted molar refractivity (Wildman–Crippen MR) is 81.1 cm³/mol. The fourth-order valence-corrected chi connectivity index (χ4v) is 4.20. The average Bonchev–Trinajstić information content (AvgIpc) is 2.38. The van der Waals surface area contributed by atoms with Crippen molar-refractivity contribution in [3.05, 3.63) is 29.3 Å². The van der Waals surface area contributed by atoms with Crippen molar-refractivity contribution in [1.29, 1.82) is 0 Å². The summed E-state index contributed by atoms with van der Waals surface area (Å²) in [4.78, 5) is 0.372. The van der Waals surface area contributed by atoms with E-state index in [1.807, 2.05) is 0 Å². The molecule has 0 radical (unpaired) electrons. The molecule has 0 bridgehead atoms. The van der Waals surface area contributed by atoms with Crippen LogP contribution in [-0.2, 0) is 10.0 Å². The van der Waals surface area contributed by atoms with Crippen LogP contribution in [0.15, 0.2) is 23.1 Å². The van der Waals surface area contributed by atoms with Gasteiger partial charge in [-0.2, -0.15) is 4.31 Å². The summed E-state index contributed by atoms with van der Waals surface area (Å²) in [5, 5.41) is 9.66. The van der Waals surface area contributed by atoms with Crippen molar-refractivity contribution < 1.29 is 13.5 Å². The molecule has 20 heavy (non-hydrogen) atoms. The number of hydrogen-bond acceptors (Lipinski definition) is 4. The Morgan fingerprint density at radius 2 is 2.20 bits per heavy atom. The van der Waals surface area contributed by atoms with Gasteiger partial charge in [0.1, 0.15) is 4.99 Å². The lowest BCUT2D eigenvalue weighted by Gasteiger charge is -2.29. The number of benzene rings is 1. The van der Waals surface area contributed by atoms with Crippen LogP contribution in [0.4, 0.5) is 0 Å². The molecular weight excluding hydrogens is 296 g/mol. The number of rotatable bonds is 3. The van der Waals surface area contributed by atoms with E-state index in [0.717, 1.165) is 0 Å². The van der Waals surface area contributed by atoms with Crippen LogP contribution in [0.5, 0.6) is 0 Å². The molecule has 3 N–H and O–H groups in total. The first-order chi connectivity index (χ1) is 9.32. The van der Waals surface area contributed by atoms with Crippen molar-refractivity contribution in [2.75, 3.05) is 13.1 Å². The first-order valence-electron chi connectivity index (χ1n) is 6.41. The second-order valence-corrected chi connectivity index (χ2v) is 7.35. The first kappa shape index (κ1) is 15.4. The fraction of sp³-hybridized carbons (Fsp3) is 0.462. The number of thiocarbonyl (C=S) groups is 1. The molecule has 0 aromatic heterocycles. The summed E-state index contributed by atoms with van der Waals surface area (Å²) in [6.45, 7) is 2.30. The van der Waals surface area contributed by atoms with Crippen LogP contribution in [-0.4, -0.2) is 42.0 Å². The zero-order valence-corrected chi connectivity index (χ0v) is 12.9. The maximum absolute atomic E-state index is 12.7. The Morgan fingerprint density at radius 1 is 1.50 bits per heavy atom. The molecule has 1 aromatic carbocycles. The highest BCUT2D eigenvalue weighted by Crippen LogP contribution is 2.24. The number of sulfonamides is 1. The van der Waals surface area contributed by atoms with Crippen molar-refractivity contribution in [1.82, 2.24) is 4.31 Å². The molecule has 1 heterocycles. The molecule has 2 rings (SSSR count). The summed E-state index contributed by atoms with van der Waals surface area (Å²) in [6.07, 6.45) is 0.699. The van der Waals surface area contributed by atoms with Gasteiger partial charge in [-0.3, -0.25) is 0 Å². The Kier molecular flexibility index (Phi) is 4.43. The summed E-state index contributed by atoms with van der Waals surface area (Å²) >= 11 is 4.89. The van der Waals surface area contributed by atoms with Gasteiger partial charge in [0, 0.05) is 18.7 Å². The topological polar surface area (TPSA) is 83.6 Å². The first-order valence-corrected chi connectivity index (χ1v) is 8.26. The number of nitrogens with zero attached hydrogens (tertiary/aromatic N) is 1. The van der Waals surface area contributed by atoms with Gasteiger partial charge in [0.2, 0.25) is 10.0 Å². The van der Waals surface area contributed by atoms with Crippen LogP contribution in [0.25, 0.3) is 0 Å². The third kappa shape index (κ3) is 3.01. The zero-order valence-electron chi connectivity index (χ0n) is 11.2. The Morgan fingerprint density at radius 3 is 2.80 bits per heavy atom. The number of nitrogens with two attached hydrogens (primary N) is 1. The Bertz CT molecular complexity index is 629. The van der Waals surface area contributed by atoms with Crippen LogP contribution in [0.1, 0.15) is 24.0 Å². The molecule has 5 nitrogen and oxygen atoms in total. The van der Waals surface area contributed by atoms with Crippen molar-refractivity contribution in [2.24, 2.45) is 5.73 Å². The SMILES string of the molecule is Cc1ccc(C(N)=S)cc1S(=O)(=O)N1CCCC(O)C1.